The van der Waals surface area contributed by atoms with E-state index in [1.807, 2.05) is 0 Å². The summed E-state index contributed by atoms with van der Waals surface area (Å²) in [6.07, 6.45) is 13.8. The van der Waals surface area contributed by atoms with Gasteiger partial charge < -0.3 is 0 Å². The first-order chi connectivity index (χ1) is 7.36. The highest BCUT2D eigenvalue weighted by Crippen LogP contribution is 2.39. The maximum atomic E-state index is 6.00. The average Bonchev–Trinajstić information content (AvgIpc) is 2.34. The van der Waals surface area contributed by atoms with Gasteiger partial charge in [0.1, 0.15) is 0 Å². The average molecular weight is 214 g/mol. The molecule has 0 saturated heterocycles. The van der Waals surface area contributed by atoms with Crippen molar-refractivity contribution in [2.24, 2.45) is 17.8 Å². The van der Waals surface area contributed by atoms with Crippen molar-refractivity contribution in [3.63, 3.8) is 0 Å². The van der Waals surface area contributed by atoms with Crippen molar-refractivity contribution in [1.29, 1.82) is 0 Å². The second kappa shape index (κ2) is 7.24. The van der Waals surface area contributed by atoms with E-state index in [4.69, 9.17) is 10.5 Å². The summed E-state index contributed by atoms with van der Waals surface area (Å²) >= 11 is 0. The van der Waals surface area contributed by atoms with Crippen LogP contribution >= 0.6 is 0 Å². The van der Waals surface area contributed by atoms with Gasteiger partial charge in [-0.3, -0.25) is 10.5 Å². The molecule has 0 amide bonds. The van der Waals surface area contributed by atoms with Crippen molar-refractivity contribution < 1.29 is 10.5 Å². The van der Waals surface area contributed by atoms with Crippen LogP contribution in [0.3, 0.4) is 0 Å². The zero-order valence-corrected chi connectivity index (χ0v) is 9.99. The van der Waals surface area contributed by atoms with Gasteiger partial charge in [-0.05, 0) is 30.6 Å². The van der Waals surface area contributed by atoms with Gasteiger partial charge in [0.25, 0.3) is 0 Å². The fourth-order valence-corrected chi connectivity index (χ4v) is 3.36. The van der Waals surface area contributed by atoms with Crippen molar-refractivity contribution in [2.75, 3.05) is 0 Å². The summed E-state index contributed by atoms with van der Waals surface area (Å²) < 4.78 is 0. The van der Waals surface area contributed by atoms with E-state index in [0.717, 1.165) is 17.8 Å². The van der Waals surface area contributed by atoms with E-state index in [0.29, 0.717) is 0 Å². The molecule has 90 valence electrons. The van der Waals surface area contributed by atoms with E-state index in [9.17, 15) is 0 Å². The highest BCUT2D eigenvalue weighted by molar-refractivity contribution is 4.78. The summed E-state index contributed by atoms with van der Waals surface area (Å²) in [4.78, 5) is 0. The first-order valence-corrected chi connectivity index (χ1v) is 6.56. The van der Waals surface area contributed by atoms with E-state index in [-0.39, 0.29) is 0 Å². The van der Waals surface area contributed by atoms with Gasteiger partial charge in [-0.2, -0.15) is 0 Å². The van der Waals surface area contributed by atoms with Crippen molar-refractivity contribution in [3.05, 3.63) is 0 Å². The molecule has 2 aliphatic rings. The lowest BCUT2D eigenvalue weighted by Gasteiger charge is -2.34. The van der Waals surface area contributed by atoms with Crippen LogP contribution in [0.15, 0.2) is 0 Å². The Hall–Kier alpha value is -0.0800. The van der Waals surface area contributed by atoms with Crippen molar-refractivity contribution in [2.45, 2.75) is 64.7 Å². The maximum Gasteiger partial charge on any atom is -0.0386 e. The molecule has 0 aromatic heterocycles. The summed E-state index contributed by atoms with van der Waals surface area (Å²) in [5, 5.41) is 12.0. The first kappa shape index (κ1) is 13.0. The SMILES string of the molecule is CC1CCC(C2CCCCC2)CC1.OO. The molecule has 0 spiro atoms. The highest BCUT2D eigenvalue weighted by Gasteiger charge is 2.26. The smallest absolute Gasteiger partial charge is 0.0386 e. The van der Waals surface area contributed by atoms with Gasteiger partial charge in [0.05, 0.1) is 0 Å². The second-order valence-electron chi connectivity index (χ2n) is 5.42. The predicted molar refractivity (Wildman–Crippen MR) is 63.0 cm³/mol. The molecule has 15 heavy (non-hydrogen) atoms. The van der Waals surface area contributed by atoms with Crippen molar-refractivity contribution in [3.8, 4) is 0 Å². The fraction of sp³-hybridized carbons (Fsp3) is 1.00. The van der Waals surface area contributed by atoms with Gasteiger partial charge in [-0.25, -0.2) is 0 Å². The van der Waals surface area contributed by atoms with Crippen LogP contribution in [0, 0.1) is 17.8 Å². The summed E-state index contributed by atoms with van der Waals surface area (Å²) in [5.41, 5.74) is 0. The third kappa shape index (κ3) is 4.12. The maximum absolute atomic E-state index is 6.00. The van der Waals surface area contributed by atoms with Gasteiger partial charge in [0.2, 0.25) is 0 Å². The molecule has 2 saturated carbocycles. The van der Waals surface area contributed by atoms with E-state index in [2.05, 4.69) is 6.92 Å². The largest absolute Gasteiger partial charge is 0.255 e. The monoisotopic (exact) mass is 214 g/mol. The quantitative estimate of drug-likeness (QED) is 0.501. The molecule has 0 aliphatic heterocycles. The molecule has 0 radical (unpaired) electrons. The second-order valence-corrected chi connectivity index (χ2v) is 5.42. The van der Waals surface area contributed by atoms with Crippen LogP contribution in [-0.2, 0) is 0 Å². The fourth-order valence-electron chi connectivity index (χ4n) is 3.36. The number of hydrogen-bond acceptors (Lipinski definition) is 2. The van der Waals surface area contributed by atoms with Crippen LogP contribution < -0.4 is 0 Å². The lowest BCUT2D eigenvalue weighted by Crippen LogP contribution is -2.22. The first-order valence-electron chi connectivity index (χ1n) is 6.56. The van der Waals surface area contributed by atoms with Crippen LogP contribution in [0.1, 0.15) is 64.7 Å². The Morgan fingerprint density at radius 2 is 1.13 bits per heavy atom. The minimum absolute atomic E-state index is 1.03. The Labute approximate surface area is 93.6 Å². The van der Waals surface area contributed by atoms with E-state index in [1.165, 1.54) is 32.1 Å². The molecule has 2 nitrogen and oxygen atoms in total. The molecule has 0 aromatic rings. The van der Waals surface area contributed by atoms with Crippen LogP contribution in [0.4, 0.5) is 0 Å². The molecule has 0 atom stereocenters. The van der Waals surface area contributed by atoms with Gasteiger partial charge in [0, 0.05) is 0 Å². The topological polar surface area (TPSA) is 40.5 Å². The summed E-state index contributed by atoms with van der Waals surface area (Å²) in [7, 11) is 0. The van der Waals surface area contributed by atoms with E-state index in [1.54, 1.807) is 25.7 Å². The Morgan fingerprint density at radius 3 is 1.67 bits per heavy atom. The van der Waals surface area contributed by atoms with Crippen LogP contribution in [0.2, 0.25) is 0 Å². The standard InChI is InChI=1S/C13H24.H2O2/c1-11-7-9-13(10-8-11)12-5-3-2-4-6-12;1-2/h11-13H,2-10H2,1H3;1-2H. The van der Waals surface area contributed by atoms with Gasteiger partial charge in [-0.15, -0.1) is 0 Å². The van der Waals surface area contributed by atoms with Gasteiger partial charge >= 0.3 is 0 Å². The number of rotatable bonds is 1. The lowest BCUT2D eigenvalue weighted by atomic mass is 9.71. The van der Waals surface area contributed by atoms with E-state index < -0.39 is 0 Å². The Bertz CT molecular complexity index is 145. The molecule has 2 aliphatic carbocycles. The summed E-state index contributed by atoms with van der Waals surface area (Å²) in [6.45, 7) is 2.43. The van der Waals surface area contributed by atoms with Crippen LogP contribution in [-0.4, -0.2) is 10.5 Å². The van der Waals surface area contributed by atoms with Crippen molar-refractivity contribution >= 4 is 0 Å². The van der Waals surface area contributed by atoms with E-state index >= 15 is 0 Å². The van der Waals surface area contributed by atoms with Crippen molar-refractivity contribution in [1.82, 2.24) is 0 Å². The normalized spacial score (nSPS) is 33.0. The molecule has 2 heteroatoms. The molecule has 0 aromatic carbocycles. The lowest BCUT2D eigenvalue weighted by molar-refractivity contribution is -0.176. The molecule has 2 rings (SSSR count). The summed E-state index contributed by atoms with van der Waals surface area (Å²) in [5.74, 6) is 3.28. The van der Waals surface area contributed by atoms with Gasteiger partial charge in [0.15, 0.2) is 0 Å². The van der Waals surface area contributed by atoms with Crippen LogP contribution in [0.25, 0.3) is 0 Å². The minimum Gasteiger partial charge on any atom is -0.255 e. The minimum atomic E-state index is 1.03. The third-order valence-corrected chi connectivity index (χ3v) is 4.38. The highest BCUT2D eigenvalue weighted by atomic mass is 17.0. The molecular weight excluding hydrogens is 188 g/mol. The Morgan fingerprint density at radius 1 is 0.667 bits per heavy atom. The zero-order chi connectivity index (χ0) is 11.1. The third-order valence-electron chi connectivity index (χ3n) is 4.38. The number of hydrogen-bond donors (Lipinski definition) is 2. The molecule has 0 unspecified atom stereocenters. The molecule has 2 fully saturated rings. The molecule has 2 N–H and O–H groups in total. The molecular formula is C13H26O2. The Kier molecular flexibility index (Phi) is 6.26. The molecule has 0 heterocycles. The molecule has 0 bridgehead atoms. The zero-order valence-electron chi connectivity index (χ0n) is 9.99. The van der Waals surface area contributed by atoms with Gasteiger partial charge in [-0.1, -0.05) is 51.9 Å². The van der Waals surface area contributed by atoms with Crippen LogP contribution in [0.5, 0.6) is 0 Å². The Balaban J connectivity index is 0.000000531. The predicted octanol–water partition coefficient (Wildman–Crippen LogP) is 4.41. The summed E-state index contributed by atoms with van der Waals surface area (Å²) in [6, 6.07) is 0.